The Balaban J connectivity index is 2.60. The number of nitrogens with one attached hydrogen (secondary N) is 1. The van der Waals surface area contributed by atoms with Crippen molar-refractivity contribution >= 4 is 6.03 Å². The molecule has 1 rings (SSSR count). The standard InChI is InChI=1S/C8H16N2O2/c1-8(2,3-6-11)10-5-4-9-7(10)12/h11H,3-6H2,1-2H3,(H,9,12). The van der Waals surface area contributed by atoms with Crippen LogP contribution in [0.3, 0.4) is 0 Å². The second-order valence-electron chi connectivity index (χ2n) is 3.67. The zero-order valence-corrected chi connectivity index (χ0v) is 7.63. The van der Waals surface area contributed by atoms with E-state index in [4.69, 9.17) is 5.11 Å². The lowest BCUT2D eigenvalue weighted by Gasteiger charge is -2.33. The number of hydrogen-bond donors (Lipinski definition) is 2. The minimum absolute atomic E-state index is 0.0200. The number of rotatable bonds is 3. The molecule has 1 saturated heterocycles. The summed E-state index contributed by atoms with van der Waals surface area (Å²) < 4.78 is 0. The monoisotopic (exact) mass is 172 g/mol. The van der Waals surface area contributed by atoms with E-state index in [9.17, 15) is 4.79 Å². The van der Waals surface area contributed by atoms with Crippen LogP contribution in [0.5, 0.6) is 0 Å². The Labute approximate surface area is 72.6 Å². The van der Waals surface area contributed by atoms with E-state index >= 15 is 0 Å². The highest BCUT2D eigenvalue weighted by molar-refractivity contribution is 5.77. The number of aliphatic hydroxyl groups is 1. The first kappa shape index (κ1) is 9.32. The molecule has 0 unspecified atom stereocenters. The van der Waals surface area contributed by atoms with Gasteiger partial charge in [0.05, 0.1) is 0 Å². The Morgan fingerprint density at radius 1 is 1.67 bits per heavy atom. The average molecular weight is 172 g/mol. The summed E-state index contributed by atoms with van der Waals surface area (Å²) >= 11 is 0. The normalized spacial score (nSPS) is 18.2. The summed E-state index contributed by atoms with van der Waals surface area (Å²) in [6.07, 6.45) is 0.625. The molecule has 0 bridgehead atoms. The van der Waals surface area contributed by atoms with Crippen molar-refractivity contribution in [3.8, 4) is 0 Å². The van der Waals surface area contributed by atoms with Gasteiger partial charge in [-0.3, -0.25) is 0 Å². The summed E-state index contributed by atoms with van der Waals surface area (Å²) in [5.41, 5.74) is -0.227. The van der Waals surface area contributed by atoms with E-state index in [1.165, 1.54) is 0 Å². The molecule has 0 aliphatic carbocycles. The molecule has 0 atom stereocenters. The Hall–Kier alpha value is -0.770. The fourth-order valence-electron chi connectivity index (χ4n) is 1.46. The second kappa shape index (κ2) is 3.31. The predicted octanol–water partition coefficient (Wildman–Crippen LogP) is 0.173. The van der Waals surface area contributed by atoms with Crippen LogP contribution in [0.15, 0.2) is 0 Å². The first-order valence-corrected chi connectivity index (χ1v) is 4.24. The molecule has 0 aromatic carbocycles. The van der Waals surface area contributed by atoms with Gasteiger partial charge in [-0.2, -0.15) is 0 Å². The van der Waals surface area contributed by atoms with E-state index in [0.29, 0.717) is 13.0 Å². The van der Waals surface area contributed by atoms with Crippen molar-refractivity contribution in [3.63, 3.8) is 0 Å². The number of hydrogen-bond acceptors (Lipinski definition) is 2. The Morgan fingerprint density at radius 3 is 2.75 bits per heavy atom. The van der Waals surface area contributed by atoms with Crippen molar-refractivity contribution < 1.29 is 9.90 Å². The van der Waals surface area contributed by atoms with Crippen molar-refractivity contribution in [1.29, 1.82) is 0 Å². The summed E-state index contributed by atoms with van der Waals surface area (Å²) in [6.45, 7) is 5.51. The number of nitrogens with zero attached hydrogens (tertiary/aromatic N) is 1. The van der Waals surface area contributed by atoms with Crippen LogP contribution in [0.2, 0.25) is 0 Å². The van der Waals surface area contributed by atoms with E-state index in [2.05, 4.69) is 5.32 Å². The van der Waals surface area contributed by atoms with Gasteiger partial charge in [-0.05, 0) is 20.3 Å². The van der Waals surface area contributed by atoms with Crippen LogP contribution in [-0.2, 0) is 0 Å². The van der Waals surface area contributed by atoms with Gasteiger partial charge in [0.15, 0.2) is 0 Å². The lowest BCUT2D eigenvalue weighted by molar-refractivity contribution is 0.131. The van der Waals surface area contributed by atoms with Gasteiger partial charge < -0.3 is 15.3 Å². The Bertz CT molecular complexity index is 180. The quantitative estimate of drug-likeness (QED) is 0.637. The zero-order chi connectivity index (χ0) is 9.19. The highest BCUT2D eigenvalue weighted by Gasteiger charge is 2.33. The van der Waals surface area contributed by atoms with Gasteiger partial charge in [-0.1, -0.05) is 0 Å². The number of aliphatic hydroxyl groups excluding tert-OH is 1. The van der Waals surface area contributed by atoms with Crippen LogP contribution in [0.1, 0.15) is 20.3 Å². The maximum atomic E-state index is 11.2. The summed E-state index contributed by atoms with van der Waals surface area (Å²) in [7, 11) is 0. The molecule has 1 fully saturated rings. The molecule has 70 valence electrons. The van der Waals surface area contributed by atoms with Gasteiger partial charge in [0.2, 0.25) is 0 Å². The summed E-state index contributed by atoms with van der Waals surface area (Å²) in [6, 6.07) is -0.0200. The third-order valence-corrected chi connectivity index (χ3v) is 2.31. The Kier molecular flexibility index (Phi) is 2.57. The van der Waals surface area contributed by atoms with Crippen molar-refractivity contribution in [2.45, 2.75) is 25.8 Å². The van der Waals surface area contributed by atoms with Crippen molar-refractivity contribution in [2.24, 2.45) is 0 Å². The summed E-state index contributed by atoms with van der Waals surface area (Å²) in [4.78, 5) is 13.0. The third-order valence-electron chi connectivity index (χ3n) is 2.31. The molecule has 2 N–H and O–H groups in total. The molecule has 0 aromatic heterocycles. The second-order valence-corrected chi connectivity index (χ2v) is 3.67. The van der Waals surface area contributed by atoms with E-state index in [1.54, 1.807) is 4.90 Å². The fraction of sp³-hybridized carbons (Fsp3) is 0.875. The highest BCUT2D eigenvalue weighted by atomic mass is 16.3. The van der Waals surface area contributed by atoms with Crippen molar-refractivity contribution in [2.75, 3.05) is 19.7 Å². The average Bonchev–Trinajstić information content (AvgIpc) is 2.35. The van der Waals surface area contributed by atoms with Crippen LogP contribution in [0.4, 0.5) is 4.79 Å². The minimum atomic E-state index is -0.227. The number of carbonyl (C=O) groups excluding carboxylic acids is 1. The van der Waals surface area contributed by atoms with Gasteiger partial charge in [0.25, 0.3) is 0 Å². The van der Waals surface area contributed by atoms with Gasteiger partial charge in [-0.15, -0.1) is 0 Å². The lowest BCUT2D eigenvalue weighted by atomic mass is 9.99. The van der Waals surface area contributed by atoms with Gasteiger partial charge in [0.1, 0.15) is 0 Å². The van der Waals surface area contributed by atoms with Gasteiger partial charge in [0, 0.05) is 25.2 Å². The van der Waals surface area contributed by atoms with Crippen molar-refractivity contribution in [1.82, 2.24) is 10.2 Å². The van der Waals surface area contributed by atoms with E-state index in [1.807, 2.05) is 13.8 Å². The third kappa shape index (κ3) is 1.69. The van der Waals surface area contributed by atoms with Crippen LogP contribution in [0.25, 0.3) is 0 Å². The largest absolute Gasteiger partial charge is 0.396 e. The molecule has 12 heavy (non-hydrogen) atoms. The van der Waals surface area contributed by atoms with Crippen LogP contribution >= 0.6 is 0 Å². The molecular formula is C8H16N2O2. The number of carbonyl (C=O) groups is 1. The molecule has 1 heterocycles. The minimum Gasteiger partial charge on any atom is -0.396 e. The fourth-order valence-corrected chi connectivity index (χ4v) is 1.46. The van der Waals surface area contributed by atoms with Crippen LogP contribution in [-0.4, -0.2) is 41.3 Å². The molecule has 0 saturated carbocycles. The maximum Gasteiger partial charge on any atom is 0.317 e. The molecule has 4 heteroatoms. The highest BCUT2D eigenvalue weighted by Crippen LogP contribution is 2.19. The topological polar surface area (TPSA) is 52.6 Å². The van der Waals surface area contributed by atoms with Crippen LogP contribution < -0.4 is 5.32 Å². The molecule has 1 aliphatic heterocycles. The molecule has 4 nitrogen and oxygen atoms in total. The van der Waals surface area contributed by atoms with Gasteiger partial charge in [-0.25, -0.2) is 4.79 Å². The SMILES string of the molecule is CC(C)(CCO)N1CCNC1=O. The first-order chi connectivity index (χ1) is 5.58. The van der Waals surface area contributed by atoms with Gasteiger partial charge >= 0.3 is 6.03 Å². The Morgan fingerprint density at radius 2 is 2.33 bits per heavy atom. The molecule has 2 amide bonds. The van der Waals surface area contributed by atoms with Crippen molar-refractivity contribution in [3.05, 3.63) is 0 Å². The molecule has 0 radical (unpaired) electrons. The van der Waals surface area contributed by atoms with E-state index < -0.39 is 0 Å². The molecule has 0 spiro atoms. The van der Waals surface area contributed by atoms with Crippen LogP contribution in [0, 0.1) is 0 Å². The zero-order valence-electron chi connectivity index (χ0n) is 7.63. The molecular weight excluding hydrogens is 156 g/mol. The predicted molar refractivity (Wildman–Crippen MR) is 45.9 cm³/mol. The summed E-state index contributed by atoms with van der Waals surface area (Å²) in [5.74, 6) is 0. The van der Waals surface area contributed by atoms with E-state index in [0.717, 1.165) is 6.54 Å². The lowest BCUT2D eigenvalue weighted by Crippen LogP contribution is -2.46. The molecule has 0 aromatic rings. The number of amides is 2. The molecule has 1 aliphatic rings. The first-order valence-electron chi connectivity index (χ1n) is 4.24. The smallest absolute Gasteiger partial charge is 0.317 e. The maximum absolute atomic E-state index is 11.2. The summed E-state index contributed by atoms with van der Waals surface area (Å²) in [5, 5.41) is 11.5. The number of urea groups is 1. The van der Waals surface area contributed by atoms with E-state index in [-0.39, 0.29) is 18.2 Å².